The zero-order valence-electron chi connectivity index (χ0n) is 8.00. The van der Waals surface area contributed by atoms with E-state index in [-0.39, 0.29) is 5.92 Å². The molecule has 2 fully saturated rings. The van der Waals surface area contributed by atoms with E-state index in [4.69, 9.17) is 0 Å². The third-order valence-electron chi connectivity index (χ3n) is 3.88. The van der Waals surface area contributed by atoms with Crippen LogP contribution in [0, 0.1) is 17.8 Å². The fourth-order valence-electron chi connectivity index (χ4n) is 3.23. The number of hydrogen-bond acceptors (Lipinski definition) is 2. The monoisotopic (exact) mass is 181 g/mol. The number of carboxylic acid groups (broad SMARTS) is 1. The van der Waals surface area contributed by atoms with Gasteiger partial charge in [0, 0.05) is 11.9 Å². The molecule has 0 N–H and O–H groups in total. The quantitative estimate of drug-likeness (QED) is 0.612. The Hall–Kier alpha value is -0.530. The molecule has 0 radical (unpaired) electrons. The first kappa shape index (κ1) is 9.04. The minimum atomic E-state index is -0.795. The Balaban J connectivity index is 2.06. The third-order valence-corrected chi connectivity index (χ3v) is 3.88. The lowest BCUT2D eigenvalue weighted by Gasteiger charge is -2.41. The van der Waals surface area contributed by atoms with E-state index in [1.54, 1.807) is 0 Å². The lowest BCUT2D eigenvalue weighted by Crippen LogP contribution is -2.42. The van der Waals surface area contributed by atoms with Gasteiger partial charge in [0.2, 0.25) is 0 Å². The highest BCUT2D eigenvalue weighted by atomic mass is 16.4. The van der Waals surface area contributed by atoms with E-state index >= 15 is 0 Å². The van der Waals surface area contributed by atoms with Crippen molar-refractivity contribution in [2.24, 2.45) is 17.8 Å². The van der Waals surface area contributed by atoms with E-state index in [1.807, 2.05) is 0 Å². The number of carboxylic acids is 1. The first-order valence-corrected chi connectivity index (χ1v) is 5.50. The maximum absolute atomic E-state index is 10.9. The second-order valence-corrected chi connectivity index (χ2v) is 4.56. The Morgan fingerprint density at radius 3 is 2.46 bits per heavy atom. The van der Waals surface area contributed by atoms with Crippen LogP contribution in [0.2, 0.25) is 0 Å². The van der Waals surface area contributed by atoms with Gasteiger partial charge in [0.25, 0.3) is 0 Å². The summed E-state index contributed by atoms with van der Waals surface area (Å²) >= 11 is 0. The molecule has 2 rings (SSSR count). The molecule has 0 aromatic rings. The Kier molecular flexibility index (Phi) is 2.56. The minimum absolute atomic E-state index is 0.126. The Morgan fingerprint density at radius 1 is 1.00 bits per heavy atom. The lowest BCUT2D eigenvalue weighted by atomic mass is 9.65. The molecule has 0 aliphatic heterocycles. The van der Waals surface area contributed by atoms with Gasteiger partial charge in [-0.05, 0) is 24.7 Å². The van der Waals surface area contributed by atoms with Gasteiger partial charge in [-0.3, -0.25) is 0 Å². The summed E-state index contributed by atoms with van der Waals surface area (Å²) in [7, 11) is 0. The molecule has 3 atom stereocenters. The molecule has 2 heteroatoms. The molecular formula is C11H17O2-. The molecule has 0 aromatic carbocycles. The van der Waals surface area contributed by atoms with Crippen LogP contribution in [0.3, 0.4) is 0 Å². The number of fused-ring (bicyclic) bond motifs is 1. The van der Waals surface area contributed by atoms with Crippen LogP contribution in [0.4, 0.5) is 0 Å². The molecule has 0 saturated heterocycles. The SMILES string of the molecule is O=C([O-])C1CCCC2CCCCC21. The van der Waals surface area contributed by atoms with Crippen LogP contribution in [-0.2, 0) is 4.79 Å². The van der Waals surface area contributed by atoms with Gasteiger partial charge in [-0.15, -0.1) is 0 Å². The van der Waals surface area contributed by atoms with Crippen molar-refractivity contribution >= 4 is 5.97 Å². The highest BCUT2D eigenvalue weighted by Crippen LogP contribution is 2.43. The standard InChI is InChI=1S/C11H18O2/c12-11(13)10-7-3-5-8-4-1-2-6-9(8)10/h8-10H,1-7H2,(H,12,13)/p-1. The van der Waals surface area contributed by atoms with Crippen molar-refractivity contribution < 1.29 is 9.90 Å². The first-order chi connectivity index (χ1) is 6.29. The molecule has 3 unspecified atom stereocenters. The summed E-state index contributed by atoms with van der Waals surface area (Å²) in [6.45, 7) is 0. The van der Waals surface area contributed by atoms with Gasteiger partial charge in [0.1, 0.15) is 0 Å². The zero-order chi connectivity index (χ0) is 9.26. The van der Waals surface area contributed by atoms with E-state index in [9.17, 15) is 9.90 Å². The minimum Gasteiger partial charge on any atom is -0.550 e. The van der Waals surface area contributed by atoms with Crippen LogP contribution in [0.5, 0.6) is 0 Å². The predicted octanol–water partition coefficient (Wildman–Crippen LogP) is 1.34. The average molecular weight is 181 g/mol. The number of aliphatic carboxylic acids is 1. The van der Waals surface area contributed by atoms with Crippen LogP contribution in [-0.4, -0.2) is 5.97 Å². The molecule has 0 heterocycles. The normalized spacial score (nSPS) is 39.5. The van der Waals surface area contributed by atoms with Gasteiger partial charge >= 0.3 is 0 Å². The van der Waals surface area contributed by atoms with Crippen molar-refractivity contribution in [3.05, 3.63) is 0 Å². The van der Waals surface area contributed by atoms with Gasteiger partial charge in [0.15, 0.2) is 0 Å². The van der Waals surface area contributed by atoms with Crippen LogP contribution >= 0.6 is 0 Å². The summed E-state index contributed by atoms with van der Waals surface area (Å²) in [5, 5.41) is 10.9. The third kappa shape index (κ3) is 1.72. The molecule has 2 nitrogen and oxygen atoms in total. The maximum atomic E-state index is 10.9. The molecule has 0 spiro atoms. The fourth-order valence-corrected chi connectivity index (χ4v) is 3.23. The van der Waals surface area contributed by atoms with Crippen molar-refractivity contribution in [2.75, 3.05) is 0 Å². The zero-order valence-corrected chi connectivity index (χ0v) is 8.00. The van der Waals surface area contributed by atoms with Crippen molar-refractivity contribution in [3.63, 3.8) is 0 Å². The fraction of sp³-hybridized carbons (Fsp3) is 0.909. The maximum Gasteiger partial charge on any atom is 0.0448 e. The molecular weight excluding hydrogens is 164 g/mol. The highest BCUT2D eigenvalue weighted by Gasteiger charge is 2.35. The van der Waals surface area contributed by atoms with Crippen LogP contribution in [0.1, 0.15) is 44.9 Å². The molecule has 74 valence electrons. The first-order valence-electron chi connectivity index (χ1n) is 5.50. The summed E-state index contributed by atoms with van der Waals surface area (Å²) in [4.78, 5) is 10.9. The van der Waals surface area contributed by atoms with E-state index in [1.165, 1.54) is 25.7 Å². The Labute approximate surface area is 79.3 Å². The number of carbonyl (C=O) groups excluding carboxylic acids is 1. The molecule has 0 bridgehead atoms. The van der Waals surface area contributed by atoms with Gasteiger partial charge in [-0.25, -0.2) is 0 Å². The molecule has 0 aromatic heterocycles. The summed E-state index contributed by atoms with van der Waals surface area (Å²) in [6.07, 6.45) is 8.14. The Bertz CT molecular complexity index is 198. The second kappa shape index (κ2) is 3.69. The van der Waals surface area contributed by atoms with Crippen molar-refractivity contribution in [3.8, 4) is 0 Å². The van der Waals surface area contributed by atoms with Crippen LogP contribution in [0.15, 0.2) is 0 Å². The largest absolute Gasteiger partial charge is 0.550 e. The number of rotatable bonds is 1. The summed E-state index contributed by atoms with van der Waals surface area (Å²) in [6, 6.07) is 0. The topological polar surface area (TPSA) is 40.1 Å². The second-order valence-electron chi connectivity index (χ2n) is 4.56. The van der Waals surface area contributed by atoms with Gasteiger partial charge < -0.3 is 9.90 Å². The van der Waals surface area contributed by atoms with Crippen LogP contribution in [0.25, 0.3) is 0 Å². The van der Waals surface area contributed by atoms with Crippen molar-refractivity contribution in [1.82, 2.24) is 0 Å². The molecule has 2 aliphatic rings. The molecule has 2 saturated carbocycles. The summed E-state index contributed by atoms with van der Waals surface area (Å²) < 4.78 is 0. The lowest BCUT2D eigenvalue weighted by molar-refractivity contribution is -0.315. The van der Waals surface area contributed by atoms with E-state index in [0.29, 0.717) is 11.8 Å². The average Bonchev–Trinajstić information content (AvgIpc) is 2.17. The Morgan fingerprint density at radius 2 is 1.69 bits per heavy atom. The number of hydrogen-bond donors (Lipinski definition) is 0. The summed E-state index contributed by atoms with van der Waals surface area (Å²) in [5.74, 6) is 0.230. The highest BCUT2D eigenvalue weighted by molar-refractivity contribution is 5.68. The molecule has 2 aliphatic carbocycles. The van der Waals surface area contributed by atoms with Gasteiger partial charge in [0.05, 0.1) is 0 Å². The number of carbonyl (C=O) groups is 1. The van der Waals surface area contributed by atoms with E-state index in [2.05, 4.69) is 0 Å². The molecule has 0 amide bonds. The van der Waals surface area contributed by atoms with Crippen LogP contribution < -0.4 is 5.11 Å². The molecule has 13 heavy (non-hydrogen) atoms. The van der Waals surface area contributed by atoms with E-state index < -0.39 is 5.97 Å². The van der Waals surface area contributed by atoms with Crippen molar-refractivity contribution in [2.45, 2.75) is 44.9 Å². The van der Waals surface area contributed by atoms with Crippen molar-refractivity contribution in [1.29, 1.82) is 0 Å². The van der Waals surface area contributed by atoms with Gasteiger partial charge in [-0.1, -0.05) is 32.1 Å². The van der Waals surface area contributed by atoms with E-state index in [0.717, 1.165) is 19.3 Å². The smallest absolute Gasteiger partial charge is 0.0448 e. The summed E-state index contributed by atoms with van der Waals surface area (Å²) in [5.41, 5.74) is 0. The predicted molar refractivity (Wildman–Crippen MR) is 47.8 cm³/mol. The van der Waals surface area contributed by atoms with Gasteiger partial charge in [-0.2, -0.15) is 0 Å².